The van der Waals surface area contributed by atoms with Crippen LogP contribution in [0, 0.1) is 0 Å². The van der Waals surface area contributed by atoms with Crippen LogP contribution < -0.4 is 0 Å². The Kier molecular flexibility index (Phi) is 32.7. The fourth-order valence-electron chi connectivity index (χ4n) is 0. The first-order valence-corrected chi connectivity index (χ1v) is 2.45. The van der Waals surface area contributed by atoms with E-state index in [1.165, 1.54) is 0 Å². The van der Waals surface area contributed by atoms with Crippen molar-refractivity contribution in [2.75, 3.05) is 13.3 Å². The van der Waals surface area contributed by atoms with Gasteiger partial charge in [-0.2, -0.15) is 0 Å². The van der Waals surface area contributed by atoms with Crippen LogP contribution in [0.4, 0.5) is 0 Å². The molecule has 28 valence electrons. The molecule has 0 nitrogen and oxygen atoms in total. The second kappa shape index (κ2) is 42.7. The fourth-order valence-corrected chi connectivity index (χ4v) is 0. The van der Waals surface area contributed by atoms with Crippen LogP contribution in [0.1, 0.15) is 2.74 Å². The molecule has 2 heteroatoms. The molecule has 0 aliphatic heterocycles. The Bertz CT molecular complexity index is 11.5. The highest BCUT2D eigenvalue weighted by Crippen LogP contribution is 1.46. The van der Waals surface area contributed by atoms with E-state index >= 15 is 0 Å². The standard InChI is InChI=1S/2CH5P/c2*1-2/h2*2H2,1H3/i1T;1D. The van der Waals surface area contributed by atoms with Gasteiger partial charge >= 0.3 is 0 Å². The number of hydrogen-bond acceptors (Lipinski definition) is 0. The van der Waals surface area contributed by atoms with Gasteiger partial charge in [0.05, 0.1) is 0 Å². The van der Waals surface area contributed by atoms with E-state index in [0.29, 0.717) is 13.3 Å². The van der Waals surface area contributed by atoms with E-state index in [0.717, 1.165) is 0 Å². The van der Waals surface area contributed by atoms with Crippen molar-refractivity contribution in [1.29, 1.82) is 0 Å². The predicted octanol–water partition coefficient (Wildman–Crippen LogP) is 0.983. The fraction of sp³-hybridized carbons (Fsp3) is 1.00. The third kappa shape index (κ3) is 13.4. The van der Waals surface area contributed by atoms with Gasteiger partial charge in [0, 0.05) is 2.74 Å². The summed E-state index contributed by atoms with van der Waals surface area (Å²) in [6, 6.07) is 0. The summed E-state index contributed by atoms with van der Waals surface area (Å²) in [6.07, 6.45) is 0. The summed E-state index contributed by atoms with van der Waals surface area (Å²) in [5.41, 5.74) is 0. The minimum atomic E-state index is 0.417. The first kappa shape index (κ1) is 3.07. The zero-order valence-corrected chi connectivity index (χ0v) is 4.88. The molecule has 0 amide bonds. The highest BCUT2D eigenvalue weighted by molar-refractivity contribution is 7.15. The second-order valence-electron chi connectivity index (χ2n) is 0. The minimum Gasteiger partial charge on any atom is -0.141 e. The maximum atomic E-state index is 6.17. The van der Waals surface area contributed by atoms with Crippen LogP contribution in [-0.2, 0) is 0 Å². The van der Waals surface area contributed by atoms with Gasteiger partial charge in [-0.1, -0.05) is 13.3 Å². The van der Waals surface area contributed by atoms with Gasteiger partial charge in [-0.3, -0.25) is 0 Å². The van der Waals surface area contributed by atoms with Gasteiger partial charge in [0.2, 0.25) is 0 Å². The van der Waals surface area contributed by atoms with Gasteiger partial charge in [-0.25, -0.2) is 0 Å². The zero-order chi connectivity index (χ0) is 5.41. The maximum Gasteiger partial charge on any atom is 0.0274 e. The van der Waals surface area contributed by atoms with Crippen molar-refractivity contribution in [1.82, 2.24) is 0 Å². The molecule has 0 heterocycles. The highest BCUT2D eigenvalue weighted by Gasteiger charge is 0.908. The Morgan fingerprint density at radius 3 is 2.25 bits per heavy atom. The Hall–Kier alpha value is 0.860. The van der Waals surface area contributed by atoms with E-state index in [4.69, 9.17) is 2.74 Å². The monoisotopic (exact) mass is 99.0 g/mol. The van der Waals surface area contributed by atoms with Gasteiger partial charge in [-0.15, -0.1) is 18.5 Å². The molecule has 0 spiro atoms. The summed E-state index contributed by atoms with van der Waals surface area (Å²) < 4.78 is 12.3. The summed E-state index contributed by atoms with van der Waals surface area (Å²) in [7, 11) is 4.49. The van der Waals surface area contributed by atoms with Crippen LogP contribution >= 0.6 is 18.5 Å². The molecule has 0 bridgehead atoms. The average molecular weight is 99.1 g/mol. The largest absolute Gasteiger partial charge is 0.141 e. The molecule has 0 fully saturated rings. The van der Waals surface area contributed by atoms with Crippen LogP contribution in [-0.4, -0.2) is 13.3 Å². The molecule has 4 heavy (non-hydrogen) atoms. The van der Waals surface area contributed by atoms with Crippen molar-refractivity contribution < 1.29 is 2.74 Å². The van der Waals surface area contributed by atoms with E-state index in [1.54, 1.807) is 0 Å². The lowest BCUT2D eigenvalue weighted by molar-refractivity contribution is 2.52. The molecule has 0 saturated carbocycles. The zero-order valence-electron chi connectivity index (χ0n) is 4.57. The topological polar surface area (TPSA) is 0 Å². The number of hydrogen-bond donors (Lipinski definition) is 0. The van der Waals surface area contributed by atoms with E-state index < -0.39 is 0 Å². The van der Waals surface area contributed by atoms with E-state index in [9.17, 15) is 0 Å². The van der Waals surface area contributed by atoms with Crippen molar-refractivity contribution in [3.05, 3.63) is 0 Å². The molecular formula is C2H10P2. The van der Waals surface area contributed by atoms with Crippen molar-refractivity contribution >= 4 is 18.5 Å². The van der Waals surface area contributed by atoms with E-state index in [-0.39, 0.29) is 0 Å². The molecule has 0 aromatic carbocycles. The molecule has 0 aliphatic carbocycles. The first-order chi connectivity index (χ1) is 2.83. The quantitative estimate of drug-likeness (QED) is 0.397. The SMILES string of the molecule is [2H]CP.[3H]CP. The molecule has 2 unspecified atom stereocenters. The Morgan fingerprint density at radius 1 is 2.25 bits per heavy atom. The van der Waals surface area contributed by atoms with Crippen LogP contribution in [0.5, 0.6) is 0 Å². The van der Waals surface area contributed by atoms with Gasteiger partial charge in [-0.05, 0) is 0 Å². The van der Waals surface area contributed by atoms with Gasteiger partial charge in [0.1, 0.15) is 0 Å². The van der Waals surface area contributed by atoms with Gasteiger partial charge in [0.15, 0.2) is 0 Å². The molecule has 0 aromatic heterocycles. The Labute approximate surface area is 35.6 Å². The van der Waals surface area contributed by atoms with Crippen LogP contribution in [0.3, 0.4) is 0 Å². The van der Waals surface area contributed by atoms with Gasteiger partial charge < -0.3 is 0 Å². The smallest absolute Gasteiger partial charge is 0.0274 e. The van der Waals surface area contributed by atoms with Gasteiger partial charge in [0.25, 0.3) is 0 Å². The second-order valence-corrected chi connectivity index (χ2v) is 0. The molecule has 0 radical (unpaired) electrons. The van der Waals surface area contributed by atoms with Crippen LogP contribution in [0.25, 0.3) is 0 Å². The predicted molar refractivity (Wildman–Crippen MR) is 31.3 cm³/mol. The lowest BCUT2D eigenvalue weighted by Gasteiger charge is -1.10. The average Bonchev–Trinajstić information content (AvgIpc) is 1.39. The van der Waals surface area contributed by atoms with Crippen molar-refractivity contribution in [2.24, 2.45) is 0 Å². The molecule has 0 aliphatic rings. The summed E-state index contributed by atoms with van der Waals surface area (Å²) in [4.78, 5) is 0. The summed E-state index contributed by atoms with van der Waals surface area (Å²) in [5, 5.41) is 0. The van der Waals surface area contributed by atoms with Crippen LogP contribution in [0.2, 0.25) is 0 Å². The lowest BCUT2D eigenvalue weighted by Crippen LogP contribution is -0.804. The van der Waals surface area contributed by atoms with Crippen molar-refractivity contribution in [2.45, 2.75) is 0 Å². The normalized spacial score (nSPS) is 9.50. The summed E-state index contributed by atoms with van der Waals surface area (Å²) in [6.45, 7) is 0.833. The third-order valence-corrected chi connectivity index (χ3v) is 0. The van der Waals surface area contributed by atoms with Crippen molar-refractivity contribution in [3.8, 4) is 0 Å². The Balaban J connectivity index is 0. The van der Waals surface area contributed by atoms with Crippen LogP contribution in [0.15, 0.2) is 0 Å². The summed E-state index contributed by atoms with van der Waals surface area (Å²) in [5.74, 6) is 0. The molecular weight excluding hydrogens is 86.0 g/mol. The molecule has 0 aromatic rings. The molecule has 0 rings (SSSR count). The van der Waals surface area contributed by atoms with Crippen molar-refractivity contribution in [3.63, 3.8) is 0 Å². The molecule has 0 saturated heterocycles. The highest BCUT2D eigenvalue weighted by atomic mass is 31.0. The Morgan fingerprint density at radius 2 is 2.25 bits per heavy atom. The number of rotatable bonds is 0. The summed E-state index contributed by atoms with van der Waals surface area (Å²) >= 11 is 0. The maximum absolute atomic E-state index is 6.17. The molecule has 2 atom stereocenters. The lowest BCUT2D eigenvalue weighted by atomic mass is 12.0. The molecule has 0 N–H and O–H groups in total. The first-order valence-electron chi connectivity index (χ1n) is 2.23. The minimum absolute atomic E-state index is 0.417. The third-order valence-electron chi connectivity index (χ3n) is 0. The van der Waals surface area contributed by atoms with E-state index in [1.807, 2.05) is 0 Å². The van der Waals surface area contributed by atoms with E-state index in [2.05, 4.69) is 18.5 Å².